The molecule has 2 aromatic carbocycles. The first kappa shape index (κ1) is 31.6. The van der Waals surface area contributed by atoms with Gasteiger partial charge in [0.25, 0.3) is 0 Å². The summed E-state index contributed by atoms with van der Waals surface area (Å²) in [5.41, 5.74) is 0.158. The zero-order valence-corrected chi connectivity index (χ0v) is 27.3. The molecular formula is C36H42F2N6O3. The van der Waals surface area contributed by atoms with E-state index < -0.39 is 17.6 Å². The number of halogens is 2. The van der Waals surface area contributed by atoms with Crippen LogP contribution in [0.5, 0.6) is 11.8 Å². The predicted molar refractivity (Wildman–Crippen MR) is 178 cm³/mol. The Labute approximate surface area is 273 Å². The molecule has 2 saturated heterocycles. The average Bonchev–Trinajstić information content (AvgIpc) is 3.64. The Kier molecular flexibility index (Phi) is 8.46. The van der Waals surface area contributed by atoms with Crippen molar-refractivity contribution in [3.63, 3.8) is 0 Å². The lowest BCUT2D eigenvalue weighted by molar-refractivity contribution is 0.0859. The summed E-state index contributed by atoms with van der Waals surface area (Å²) < 4.78 is 38.4. The highest BCUT2D eigenvalue weighted by molar-refractivity contribution is 6.12. The molecule has 11 heteroatoms. The number of phenolic OH excluding ortho intramolecular Hbond substituents is 1. The van der Waals surface area contributed by atoms with Crippen molar-refractivity contribution >= 4 is 33.3 Å². The lowest BCUT2D eigenvalue weighted by Gasteiger charge is -2.31. The third kappa shape index (κ3) is 5.47. The number of ether oxygens (including phenoxy) is 1. The van der Waals surface area contributed by atoms with Crippen molar-refractivity contribution in [2.24, 2.45) is 11.8 Å². The number of ketones is 1. The van der Waals surface area contributed by atoms with Crippen molar-refractivity contribution in [3.05, 3.63) is 47.2 Å². The number of carbonyl (C=O) groups excluding carboxylic acids is 1. The van der Waals surface area contributed by atoms with E-state index in [0.29, 0.717) is 43.4 Å². The van der Waals surface area contributed by atoms with Crippen LogP contribution in [-0.4, -0.2) is 75.6 Å². The van der Waals surface area contributed by atoms with Crippen LogP contribution in [0.1, 0.15) is 68.4 Å². The first-order chi connectivity index (χ1) is 22.7. The molecule has 0 saturated carbocycles. The zero-order chi connectivity index (χ0) is 32.9. The van der Waals surface area contributed by atoms with Crippen LogP contribution in [0, 0.1) is 30.4 Å². The molecule has 0 radical (unpaired) electrons. The smallest absolute Gasteiger partial charge is 0.319 e. The summed E-state index contributed by atoms with van der Waals surface area (Å²) in [5, 5.41) is 18.6. The van der Waals surface area contributed by atoms with E-state index in [4.69, 9.17) is 14.7 Å². The van der Waals surface area contributed by atoms with Crippen LogP contribution in [0.4, 0.5) is 14.6 Å². The first-order valence-electron chi connectivity index (χ1n) is 16.9. The number of nitrogens with zero attached hydrogens (tertiary/aromatic N) is 4. The molecule has 2 unspecified atom stereocenters. The molecule has 2 fully saturated rings. The number of benzene rings is 2. The Morgan fingerprint density at radius 1 is 1.02 bits per heavy atom. The van der Waals surface area contributed by atoms with Crippen molar-refractivity contribution in [2.75, 3.05) is 44.6 Å². The van der Waals surface area contributed by atoms with Crippen LogP contribution in [0.3, 0.4) is 0 Å². The molecule has 3 aliphatic rings. The third-order valence-electron chi connectivity index (χ3n) is 10.7. The van der Waals surface area contributed by atoms with Crippen molar-refractivity contribution in [3.8, 4) is 23.0 Å². The molecular weight excluding hydrogens is 602 g/mol. The Bertz CT molecular complexity index is 1860. The molecule has 2 atom stereocenters. The van der Waals surface area contributed by atoms with Gasteiger partial charge in [0, 0.05) is 24.6 Å². The number of pyridine rings is 1. The van der Waals surface area contributed by atoms with Gasteiger partial charge in [-0.3, -0.25) is 9.69 Å². The third-order valence-corrected chi connectivity index (χ3v) is 10.7. The van der Waals surface area contributed by atoms with E-state index >= 15 is 4.39 Å². The molecule has 2 aromatic heterocycles. The van der Waals surface area contributed by atoms with Crippen LogP contribution in [0.25, 0.3) is 32.9 Å². The summed E-state index contributed by atoms with van der Waals surface area (Å²) in [4.78, 5) is 31.2. The number of hydrogen-bond donors (Lipinski definition) is 3. The van der Waals surface area contributed by atoms with Crippen molar-refractivity contribution in [1.82, 2.24) is 25.2 Å². The van der Waals surface area contributed by atoms with Gasteiger partial charge in [-0.05, 0) is 99.1 Å². The highest BCUT2D eigenvalue weighted by Crippen LogP contribution is 2.42. The van der Waals surface area contributed by atoms with E-state index in [9.17, 15) is 14.3 Å². The monoisotopic (exact) mass is 644 g/mol. The van der Waals surface area contributed by atoms with Gasteiger partial charge < -0.3 is 20.5 Å². The Morgan fingerprint density at radius 3 is 2.55 bits per heavy atom. The average molecular weight is 645 g/mol. The molecule has 9 nitrogen and oxygen atoms in total. The van der Waals surface area contributed by atoms with E-state index in [0.717, 1.165) is 45.2 Å². The molecule has 7 rings (SSSR count). The highest BCUT2D eigenvalue weighted by atomic mass is 19.1. The van der Waals surface area contributed by atoms with Gasteiger partial charge in [-0.2, -0.15) is 9.97 Å². The summed E-state index contributed by atoms with van der Waals surface area (Å²) in [6.07, 6.45) is 5.59. The minimum absolute atomic E-state index is 0.0203. The van der Waals surface area contributed by atoms with E-state index in [2.05, 4.69) is 27.4 Å². The summed E-state index contributed by atoms with van der Waals surface area (Å²) in [6, 6.07) is 5.75. The fraction of sp³-hybridized carbons (Fsp3) is 0.500. The normalized spacial score (nSPS) is 21.5. The number of hydrogen-bond acceptors (Lipinski definition) is 9. The fourth-order valence-corrected chi connectivity index (χ4v) is 8.19. The molecule has 3 aliphatic heterocycles. The van der Waals surface area contributed by atoms with Gasteiger partial charge in [-0.1, -0.05) is 26.3 Å². The summed E-state index contributed by atoms with van der Waals surface area (Å²) in [5.74, 6) is -1.70. The van der Waals surface area contributed by atoms with E-state index in [1.165, 1.54) is 24.3 Å². The van der Waals surface area contributed by atoms with Gasteiger partial charge in [-0.25, -0.2) is 13.8 Å². The summed E-state index contributed by atoms with van der Waals surface area (Å²) in [7, 11) is 0. The number of aryl methyl sites for hydroxylation is 1. The molecule has 0 amide bonds. The molecule has 0 bridgehead atoms. The molecule has 0 spiro atoms. The minimum atomic E-state index is -0.794. The van der Waals surface area contributed by atoms with Crippen LogP contribution in [-0.2, 0) is 0 Å². The van der Waals surface area contributed by atoms with Crippen molar-refractivity contribution in [2.45, 2.75) is 64.8 Å². The van der Waals surface area contributed by atoms with Crippen molar-refractivity contribution < 1.29 is 23.4 Å². The van der Waals surface area contributed by atoms with Crippen LogP contribution < -0.4 is 15.4 Å². The quantitative estimate of drug-likeness (QED) is 0.220. The lowest BCUT2D eigenvalue weighted by Crippen LogP contribution is -2.43. The van der Waals surface area contributed by atoms with Crippen LogP contribution >= 0.6 is 0 Å². The number of phenols is 1. The maximum atomic E-state index is 17.1. The topological polar surface area (TPSA) is 112 Å². The van der Waals surface area contributed by atoms with Gasteiger partial charge in [0.1, 0.15) is 40.9 Å². The molecule has 5 heterocycles. The number of anilines is 1. The van der Waals surface area contributed by atoms with E-state index in [1.807, 2.05) is 6.92 Å². The number of nitrogens with one attached hydrogen (secondary N) is 2. The largest absolute Gasteiger partial charge is 0.508 e. The second-order valence-corrected chi connectivity index (χ2v) is 13.4. The Hall–Kier alpha value is -3.96. The number of fused-ring (bicyclic) bond motifs is 2. The first-order valence-corrected chi connectivity index (χ1v) is 16.9. The second kappa shape index (κ2) is 12.6. The van der Waals surface area contributed by atoms with Gasteiger partial charge in [0.15, 0.2) is 11.6 Å². The number of rotatable bonds is 6. The van der Waals surface area contributed by atoms with E-state index in [1.54, 1.807) is 6.92 Å². The predicted octanol–water partition coefficient (Wildman–Crippen LogP) is 6.39. The molecule has 248 valence electrons. The molecule has 47 heavy (non-hydrogen) atoms. The summed E-state index contributed by atoms with van der Waals surface area (Å²) >= 11 is 0. The molecule has 3 N–H and O–H groups in total. The lowest BCUT2D eigenvalue weighted by atomic mass is 9.82. The summed E-state index contributed by atoms with van der Waals surface area (Å²) in [6.45, 7) is 9.83. The maximum Gasteiger partial charge on any atom is 0.319 e. The van der Waals surface area contributed by atoms with Crippen LogP contribution in [0.2, 0.25) is 0 Å². The maximum absolute atomic E-state index is 17.1. The van der Waals surface area contributed by atoms with Gasteiger partial charge in [0.2, 0.25) is 0 Å². The highest BCUT2D eigenvalue weighted by Gasteiger charge is 2.45. The number of Topliss-reactive ketones (excluding diaryl/α,β-unsaturated/α-hetero) is 1. The molecule has 0 aliphatic carbocycles. The fourth-order valence-electron chi connectivity index (χ4n) is 8.19. The standard InChI is InChI=1S/C36H42F2N6O3/c1-4-21-18-39-12-13-40-34-28-31(42-35(43-34)47-19-36-10-6-14-44(36)15-7-11-36)29(38)30(41-32(28)33(46)24(21)5-2)25-17-23(45)16-22-8-9-26(37)20(3)27(22)25/h8-9,16-17,21,24,39,45H,4-7,10-15,18-19H2,1-3H3,(H,40,42,43). The Balaban J connectivity index is 1.48. The number of carbonyl (C=O) groups is 1. The van der Waals surface area contributed by atoms with Crippen LogP contribution in [0.15, 0.2) is 24.3 Å². The molecule has 4 aromatic rings. The van der Waals surface area contributed by atoms with E-state index in [-0.39, 0.29) is 68.2 Å². The van der Waals surface area contributed by atoms with Gasteiger partial charge in [0.05, 0.1) is 10.9 Å². The Morgan fingerprint density at radius 2 is 1.81 bits per heavy atom. The number of aromatic nitrogens is 3. The zero-order valence-electron chi connectivity index (χ0n) is 27.3. The van der Waals surface area contributed by atoms with Gasteiger partial charge >= 0.3 is 6.01 Å². The number of aromatic hydroxyl groups is 1. The minimum Gasteiger partial charge on any atom is -0.508 e. The van der Waals surface area contributed by atoms with Crippen molar-refractivity contribution in [1.29, 1.82) is 0 Å². The van der Waals surface area contributed by atoms with Gasteiger partial charge in [-0.15, -0.1) is 0 Å². The SMILES string of the molecule is CCC1CNCCNc2nc(OCC34CCCN3CCC4)nc3c(F)c(-c4cc(O)cc5ccc(F)c(C)c45)nc(c23)C(=O)C1CC. The second-order valence-electron chi connectivity index (χ2n) is 13.4.